The summed E-state index contributed by atoms with van der Waals surface area (Å²) in [5.74, 6) is -1.48. The summed E-state index contributed by atoms with van der Waals surface area (Å²) in [7, 11) is 0. The summed E-state index contributed by atoms with van der Waals surface area (Å²) in [6.45, 7) is 1.31. The number of aliphatic carboxylic acids is 2. The monoisotopic (exact) mass is 306 g/mol. The Morgan fingerprint density at radius 2 is 0.952 bits per heavy atom. The average Bonchev–Trinajstić information content (AvgIpc) is 2.44. The molecule has 0 amide bonds. The van der Waals surface area contributed by atoms with Gasteiger partial charge in [0, 0.05) is 32.8 Å². The zero-order valence-electron chi connectivity index (χ0n) is 12.7. The van der Waals surface area contributed by atoms with Crippen LogP contribution in [0, 0.1) is 0 Å². The summed E-state index contributed by atoms with van der Waals surface area (Å²) in [5, 5.41) is 16.7. The third-order valence-corrected chi connectivity index (χ3v) is 2.81. The third-order valence-electron chi connectivity index (χ3n) is 2.81. The van der Waals surface area contributed by atoms with Gasteiger partial charge in [0.1, 0.15) is 0 Å². The highest BCUT2D eigenvalue weighted by atomic mass is 16.4. The number of carboxylic acid groups (broad SMARTS) is 2. The van der Waals surface area contributed by atoms with E-state index in [1.165, 1.54) is 0 Å². The standard InChI is InChI=1S/C10H18O4.C3H12N4/c11-9(12)7-5-3-1-2-4-6-8-10(13)14;4-1-7(2-5)3-6/h1-8H2,(H,11,12)(H,13,14);1-6H2. The van der Waals surface area contributed by atoms with Crippen LogP contribution >= 0.6 is 0 Å². The first kappa shape index (κ1) is 22.1. The van der Waals surface area contributed by atoms with Crippen molar-refractivity contribution in [3.8, 4) is 0 Å². The summed E-state index contributed by atoms with van der Waals surface area (Å²) >= 11 is 0. The lowest BCUT2D eigenvalue weighted by Crippen LogP contribution is -2.39. The number of unbranched alkanes of at least 4 members (excludes halogenated alkanes) is 5. The van der Waals surface area contributed by atoms with Crippen molar-refractivity contribution in [3.63, 3.8) is 0 Å². The first-order valence-corrected chi connectivity index (χ1v) is 7.24. The van der Waals surface area contributed by atoms with E-state index in [1.807, 2.05) is 0 Å². The molecule has 0 aromatic rings. The fourth-order valence-corrected chi connectivity index (χ4v) is 1.48. The molecule has 0 spiro atoms. The molecule has 8 N–H and O–H groups in total. The molecule has 0 unspecified atom stereocenters. The van der Waals surface area contributed by atoms with Gasteiger partial charge in [-0.25, -0.2) is 0 Å². The summed E-state index contributed by atoms with van der Waals surface area (Å²) < 4.78 is 0. The Labute approximate surface area is 126 Å². The normalized spacial score (nSPS) is 10.1. The van der Waals surface area contributed by atoms with Crippen molar-refractivity contribution in [2.24, 2.45) is 17.2 Å². The average molecular weight is 306 g/mol. The second-order valence-corrected chi connectivity index (χ2v) is 4.63. The van der Waals surface area contributed by atoms with Gasteiger partial charge in [-0.1, -0.05) is 25.7 Å². The molecule has 21 heavy (non-hydrogen) atoms. The zero-order valence-corrected chi connectivity index (χ0v) is 12.7. The highest BCUT2D eigenvalue weighted by Gasteiger charge is 1.98. The van der Waals surface area contributed by atoms with Crippen molar-refractivity contribution in [2.45, 2.75) is 51.4 Å². The maximum atomic E-state index is 10.1. The first-order chi connectivity index (χ1) is 9.97. The van der Waals surface area contributed by atoms with Crippen molar-refractivity contribution >= 4 is 11.9 Å². The van der Waals surface area contributed by atoms with Crippen LogP contribution in [0.15, 0.2) is 0 Å². The fourth-order valence-electron chi connectivity index (χ4n) is 1.48. The SMILES string of the molecule is NCN(CN)CN.O=C(O)CCCCCCCCC(=O)O. The van der Waals surface area contributed by atoms with Gasteiger partial charge < -0.3 is 27.4 Å². The Balaban J connectivity index is 0. The van der Waals surface area contributed by atoms with E-state index in [9.17, 15) is 9.59 Å². The molecule has 0 fully saturated rings. The minimum atomic E-state index is -0.740. The smallest absolute Gasteiger partial charge is 0.303 e. The van der Waals surface area contributed by atoms with Gasteiger partial charge in [0.15, 0.2) is 0 Å². The van der Waals surface area contributed by atoms with Crippen molar-refractivity contribution in [1.82, 2.24) is 4.90 Å². The van der Waals surface area contributed by atoms with E-state index in [1.54, 1.807) is 4.90 Å². The second-order valence-electron chi connectivity index (χ2n) is 4.63. The van der Waals surface area contributed by atoms with Gasteiger partial charge in [0.25, 0.3) is 0 Å². The van der Waals surface area contributed by atoms with Crippen LogP contribution in [0.1, 0.15) is 51.4 Å². The first-order valence-electron chi connectivity index (χ1n) is 7.24. The maximum absolute atomic E-state index is 10.1. The van der Waals surface area contributed by atoms with Crippen LogP contribution in [0.2, 0.25) is 0 Å². The highest BCUT2D eigenvalue weighted by Crippen LogP contribution is 2.08. The topological polar surface area (TPSA) is 156 Å². The number of rotatable bonds is 12. The Hall–Kier alpha value is -1.22. The van der Waals surface area contributed by atoms with E-state index in [4.69, 9.17) is 27.4 Å². The van der Waals surface area contributed by atoms with Crippen LogP contribution < -0.4 is 17.2 Å². The predicted molar refractivity (Wildman–Crippen MR) is 81.2 cm³/mol. The fraction of sp³-hybridized carbons (Fsp3) is 0.846. The quantitative estimate of drug-likeness (QED) is 0.255. The molecule has 0 aromatic carbocycles. The number of carbonyl (C=O) groups is 2. The molecule has 0 aliphatic heterocycles. The van der Waals surface area contributed by atoms with Crippen molar-refractivity contribution in [1.29, 1.82) is 0 Å². The van der Waals surface area contributed by atoms with Gasteiger partial charge >= 0.3 is 11.9 Å². The van der Waals surface area contributed by atoms with E-state index in [-0.39, 0.29) is 12.8 Å². The van der Waals surface area contributed by atoms with Gasteiger partial charge in [-0.15, -0.1) is 0 Å². The van der Waals surface area contributed by atoms with E-state index >= 15 is 0 Å². The van der Waals surface area contributed by atoms with Gasteiger partial charge in [0.2, 0.25) is 0 Å². The number of carboxylic acids is 2. The Morgan fingerprint density at radius 3 is 1.14 bits per heavy atom. The Morgan fingerprint density at radius 1 is 0.667 bits per heavy atom. The predicted octanol–water partition coefficient (Wildman–Crippen LogP) is 0.313. The number of hydrogen-bond acceptors (Lipinski definition) is 6. The third kappa shape index (κ3) is 21.2. The largest absolute Gasteiger partial charge is 0.481 e. The summed E-state index contributed by atoms with van der Waals surface area (Å²) in [4.78, 5) is 22.0. The van der Waals surface area contributed by atoms with Gasteiger partial charge in [-0.05, 0) is 12.8 Å². The lowest BCUT2D eigenvalue weighted by molar-refractivity contribution is -0.138. The lowest BCUT2D eigenvalue weighted by Gasteiger charge is -2.12. The molecule has 126 valence electrons. The molecule has 0 radical (unpaired) electrons. The summed E-state index contributed by atoms with van der Waals surface area (Å²) in [6, 6.07) is 0. The number of nitrogens with zero attached hydrogens (tertiary/aromatic N) is 1. The van der Waals surface area contributed by atoms with Crippen LogP contribution in [0.5, 0.6) is 0 Å². The molecule has 0 aliphatic carbocycles. The van der Waals surface area contributed by atoms with Crippen molar-refractivity contribution < 1.29 is 19.8 Å². The number of hydrogen-bond donors (Lipinski definition) is 5. The van der Waals surface area contributed by atoms with Crippen molar-refractivity contribution in [3.05, 3.63) is 0 Å². The Bertz CT molecular complexity index is 235. The molecular formula is C13H30N4O4. The zero-order chi connectivity index (χ0) is 16.5. The number of nitrogens with two attached hydrogens (primary N) is 3. The lowest BCUT2D eigenvalue weighted by atomic mass is 10.1. The molecule has 0 heterocycles. The highest BCUT2D eigenvalue weighted by molar-refractivity contribution is 5.66. The van der Waals surface area contributed by atoms with Crippen LogP contribution in [-0.2, 0) is 9.59 Å². The molecule has 0 aromatic heterocycles. The van der Waals surface area contributed by atoms with E-state index in [0.29, 0.717) is 20.0 Å². The van der Waals surface area contributed by atoms with E-state index in [0.717, 1.165) is 38.5 Å². The molecule has 0 saturated carbocycles. The summed E-state index contributed by atoms with van der Waals surface area (Å²) in [6.07, 6.45) is 5.82. The van der Waals surface area contributed by atoms with Gasteiger partial charge in [-0.2, -0.15) is 0 Å². The van der Waals surface area contributed by atoms with Crippen LogP contribution in [0.25, 0.3) is 0 Å². The van der Waals surface area contributed by atoms with Crippen LogP contribution in [0.3, 0.4) is 0 Å². The molecular weight excluding hydrogens is 276 g/mol. The summed E-state index contributed by atoms with van der Waals surface area (Å²) in [5.41, 5.74) is 15.5. The molecule has 0 bridgehead atoms. The van der Waals surface area contributed by atoms with E-state index in [2.05, 4.69) is 0 Å². The molecule has 0 aliphatic rings. The Kier molecular flexibility index (Phi) is 17.7. The van der Waals surface area contributed by atoms with Gasteiger partial charge in [-0.3, -0.25) is 14.5 Å². The van der Waals surface area contributed by atoms with Crippen LogP contribution in [-0.4, -0.2) is 47.1 Å². The molecule has 0 rings (SSSR count). The molecule has 8 heteroatoms. The van der Waals surface area contributed by atoms with Gasteiger partial charge in [0.05, 0.1) is 0 Å². The molecule has 8 nitrogen and oxygen atoms in total. The van der Waals surface area contributed by atoms with Crippen molar-refractivity contribution in [2.75, 3.05) is 20.0 Å². The minimum absolute atomic E-state index is 0.245. The minimum Gasteiger partial charge on any atom is -0.481 e. The van der Waals surface area contributed by atoms with Crippen LogP contribution in [0.4, 0.5) is 0 Å². The molecule has 0 saturated heterocycles. The second kappa shape index (κ2) is 16.8. The maximum Gasteiger partial charge on any atom is 0.303 e. The molecule has 0 atom stereocenters. The van der Waals surface area contributed by atoms with E-state index < -0.39 is 11.9 Å².